The van der Waals surface area contributed by atoms with Crippen LogP contribution in [0.5, 0.6) is 0 Å². The number of hydrogen-bond donors (Lipinski definition) is 2. The summed E-state index contributed by atoms with van der Waals surface area (Å²) in [5, 5.41) is 18.1. The summed E-state index contributed by atoms with van der Waals surface area (Å²) in [7, 11) is 0. The molecule has 2 N–H and O–H groups in total. The molecule has 1 rings (SSSR count). The molecular weight excluding hydrogens is 160 g/mol. The van der Waals surface area contributed by atoms with Crippen molar-refractivity contribution in [2.24, 2.45) is 0 Å². The Morgan fingerprint density at radius 3 is 2.50 bits per heavy atom. The first-order chi connectivity index (χ1) is 5.43. The van der Waals surface area contributed by atoms with E-state index in [9.17, 15) is 9.90 Å². The minimum Gasteiger partial charge on any atom is -0.478 e. The van der Waals surface area contributed by atoms with Crippen LogP contribution in [0, 0.1) is 0 Å². The van der Waals surface area contributed by atoms with Crippen LogP contribution in [0.25, 0.3) is 0 Å². The number of aromatic carboxylic acids is 1. The molecule has 4 heteroatoms. The number of carbonyl (C=O) groups is 1. The molecule has 0 aliphatic carbocycles. The molecule has 4 nitrogen and oxygen atoms in total. The van der Waals surface area contributed by atoms with Gasteiger partial charge in [0.1, 0.15) is 16.9 Å². The van der Waals surface area contributed by atoms with E-state index in [4.69, 9.17) is 9.52 Å². The Labute approximate surface area is 69.4 Å². The molecule has 0 aliphatic heterocycles. The van der Waals surface area contributed by atoms with Crippen molar-refractivity contribution in [1.29, 1.82) is 0 Å². The normalized spacial score (nSPS) is 11.6. The van der Waals surface area contributed by atoms with Crippen LogP contribution in [0.3, 0.4) is 0 Å². The van der Waals surface area contributed by atoms with Gasteiger partial charge in [0.05, 0.1) is 6.26 Å². The second-order valence-corrected chi connectivity index (χ2v) is 3.03. The van der Waals surface area contributed by atoms with E-state index in [1.165, 1.54) is 26.2 Å². The van der Waals surface area contributed by atoms with Crippen LogP contribution in [0.4, 0.5) is 0 Å². The predicted octanol–water partition coefficient (Wildman–Crippen LogP) is 1.21. The lowest BCUT2D eigenvalue weighted by molar-refractivity contribution is 0.0482. The molecule has 0 saturated carbocycles. The molecule has 0 unspecified atom stereocenters. The Morgan fingerprint density at radius 2 is 2.17 bits per heavy atom. The second-order valence-electron chi connectivity index (χ2n) is 3.03. The largest absolute Gasteiger partial charge is 0.478 e. The fourth-order valence-corrected chi connectivity index (χ4v) is 0.951. The van der Waals surface area contributed by atoms with Gasteiger partial charge in [0.2, 0.25) is 0 Å². The maximum atomic E-state index is 10.6. The van der Waals surface area contributed by atoms with Crippen LogP contribution in [-0.2, 0) is 5.60 Å². The average molecular weight is 170 g/mol. The zero-order valence-corrected chi connectivity index (χ0v) is 6.87. The number of hydrogen-bond acceptors (Lipinski definition) is 3. The van der Waals surface area contributed by atoms with E-state index in [0.29, 0.717) is 0 Å². The molecule has 0 aromatic carbocycles. The highest BCUT2D eigenvalue weighted by atomic mass is 16.4. The maximum Gasteiger partial charge on any atom is 0.339 e. The highest BCUT2D eigenvalue weighted by Gasteiger charge is 2.26. The summed E-state index contributed by atoms with van der Waals surface area (Å²) in [4.78, 5) is 10.6. The van der Waals surface area contributed by atoms with Gasteiger partial charge in [-0.05, 0) is 19.9 Å². The van der Waals surface area contributed by atoms with Crippen molar-refractivity contribution in [2.75, 3.05) is 0 Å². The zero-order chi connectivity index (χ0) is 9.35. The van der Waals surface area contributed by atoms with E-state index in [1.54, 1.807) is 0 Å². The Morgan fingerprint density at radius 1 is 1.58 bits per heavy atom. The molecular formula is C8H10O4. The van der Waals surface area contributed by atoms with Gasteiger partial charge < -0.3 is 14.6 Å². The van der Waals surface area contributed by atoms with Crippen LogP contribution in [-0.4, -0.2) is 16.2 Å². The first-order valence-corrected chi connectivity index (χ1v) is 3.46. The summed E-state index contributed by atoms with van der Waals surface area (Å²) in [5.74, 6) is -1.02. The maximum absolute atomic E-state index is 10.6. The number of carboxylic acid groups (broad SMARTS) is 1. The third kappa shape index (κ3) is 1.48. The first kappa shape index (κ1) is 8.80. The van der Waals surface area contributed by atoms with Crippen molar-refractivity contribution in [3.63, 3.8) is 0 Å². The van der Waals surface area contributed by atoms with Gasteiger partial charge in [0.25, 0.3) is 0 Å². The summed E-state index contributed by atoms with van der Waals surface area (Å²) in [6, 6.07) is 1.32. The molecule has 0 saturated heterocycles. The minimum absolute atomic E-state index is 0.00231. The van der Waals surface area contributed by atoms with E-state index in [2.05, 4.69) is 0 Å². The van der Waals surface area contributed by atoms with E-state index >= 15 is 0 Å². The monoisotopic (exact) mass is 170 g/mol. The quantitative estimate of drug-likeness (QED) is 0.699. The van der Waals surface area contributed by atoms with Crippen molar-refractivity contribution in [3.05, 3.63) is 23.7 Å². The van der Waals surface area contributed by atoms with Crippen molar-refractivity contribution in [2.45, 2.75) is 19.4 Å². The second kappa shape index (κ2) is 2.64. The smallest absolute Gasteiger partial charge is 0.339 e. The molecule has 0 amide bonds. The lowest BCUT2D eigenvalue weighted by Gasteiger charge is -2.14. The van der Waals surface area contributed by atoms with Crippen LogP contribution in [0.1, 0.15) is 30.0 Å². The number of furan rings is 1. The van der Waals surface area contributed by atoms with E-state index in [-0.39, 0.29) is 11.3 Å². The summed E-state index contributed by atoms with van der Waals surface area (Å²) < 4.78 is 4.86. The van der Waals surface area contributed by atoms with Crippen LogP contribution >= 0.6 is 0 Å². The molecule has 0 bridgehead atoms. The van der Waals surface area contributed by atoms with Crippen molar-refractivity contribution in [1.82, 2.24) is 0 Å². The molecule has 66 valence electrons. The van der Waals surface area contributed by atoms with Crippen LogP contribution in [0.2, 0.25) is 0 Å². The number of rotatable bonds is 2. The first-order valence-electron chi connectivity index (χ1n) is 3.46. The predicted molar refractivity (Wildman–Crippen MR) is 40.9 cm³/mol. The zero-order valence-electron chi connectivity index (χ0n) is 6.87. The Hall–Kier alpha value is -1.29. The topological polar surface area (TPSA) is 70.7 Å². The summed E-state index contributed by atoms with van der Waals surface area (Å²) in [6.45, 7) is 2.94. The minimum atomic E-state index is -1.25. The molecule has 0 atom stereocenters. The van der Waals surface area contributed by atoms with Crippen molar-refractivity contribution >= 4 is 5.97 Å². The lowest BCUT2D eigenvalue weighted by atomic mass is 10.0. The fourth-order valence-electron chi connectivity index (χ4n) is 0.951. The standard InChI is InChI=1S/C8H10O4/c1-8(2,11)6-5(7(9)10)3-4-12-6/h3-4,11H,1-2H3,(H,9,10). The lowest BCUT2D eigenvalue weighted by Crippen LogP contribution is -2.18. The molecule has 0 aliphatic rings. The number of carboxylic acids is 1. The molecule has 1 aromatic rings. The van der Waals surface area contributed by atoms with Crippen LogP contribution < -0.4 is 0 Å². The van der Waals surface area contributed by atoms with Gasteiger partial charge in [-0.3, -0.25) is 0 Å². The van der Waals surface area contributed by atoms with E-state index in [0.717, 1.165) is 0 Å². The summed E-state index contributed by atoms with van der Waals surface area (Å²) in [5.41, 5.74) is -1.25. The average Bonchev–Trinajstić information content (AvgIpc) is 2.30. The Kier molecular flexibility index (Phi) is 1.94. The molecule has 0 spiro atoms. The van der Waals surface area contributed by atoms with Gasteiger partial charge in [-0.2, -0.15) is 0 Å². The van der Waals surface area contributed by atoms with E-state index < -0.39 is 11.6 Å². The molecule has 1 heterocycles. The highest BCUT2D eigenvalue weighted by Crippen LogP contribution is 2.24. The van der Waals surface area contributed by atoms with Gasteiger partial charge in [-0.15, -0.1) is 0 Å². The third-order valence-electron chi connectivity index (χ3n) is 1.45. The van der Waals surface area contributed by atoms with Gasteiger partial charge in [-0.1, -0.05) is 0 Å². The van der Waals surface area contributed by atoms with Gasteiger partial charge in [-0.25, -0.2) is 4.79 Å². The third-order valence-corrected chi connectivity index (χ3v) is 1.45. The highest BCUT2D eigenvalue weighted by molar-refractivity contribution is 5.88. The van der Waals surface area contributed by atoms with E-state index in [1.807, 2.05) is 0 Å². The van der Waals surface area contributed by atoms with Crippen molar-refractivity contribution in [3.8, 4) is 0 Å². The fraction of sp³-hybridized carbons (Fsp3) is 0.375. The Bertz CT molecular complexity index is 292. The Balaban J connectivity index is 3.17. The van der Waals surface area contributed by atoms with Crippen LogP contribution in [0.15, 0.2) is 16.7 Å². The van der Waals surface area contributed by atoms with Gasteiger partial charge >= 0.3 is 5.97 Å². The van der Waals surface area contributed by atoms with Crippen molar-refractivity contribution < 1.29 is 19.4 Å². The van der Waals surface area contributed by atoms with Gasteiger partial charge in [0, 0.05) is 0 Å². The molecule has 0 radical (unpaired) electrons. The SMILES string of the molecule is CC(C)(O)c1occc1C(=O)O. The number of aliphatic hydroxyl groups is 1. The summed E-state index contributed by atoms with van der Waals surface area (Å²) >= 11 is 0. The summed E-state index contributed by atoms with van der Waals surface area (Å²) in [6.07, 6.45) is 1.25. The molecule has 1 aromatic heterocycles. The molecule has 0 fully saturated rings. The van der Waals surface area contributed by atoms with Gasteiger partial charge in [0.15, 0.2) is 0 Å². The molecule has 12 heavy (non-hydrogen) atoms.